The zero-order valence-corrected chi connectivity index (χ0v) is 14.3. The Morgan fingerprint density at radius 1 is 1.59 bits per heavy atom. The van der Waals surface area contributed by atoms with Crippen molar-refractivity contribution in [2.24, 2.45) is 4.99 Å². The molecule has 2 unspecified atom stereocenters. The number of guanidine groups is 1. The first-order chi connectivity index (χ1) is 10.8. The molecule has 124 valence electrons. The first-order valence-corrected chi connectivity index (χ1v) is 8.86. The molecule has 0 saturated carbocycles. The van der Waals surface area contributed by atoms with Crippen molar-refractivity contribution in [2.45, 2.75) is 38.3 Å². The van der Waals surface area contributed by atoms with Gasteiger partial charge in [0, 0.05) is 31.7 Å². The van der Waals surface area contributed by atoms with Crippen LogP contribution in [0.15, 0.2) is 22.5 Å². The lowest BCUT2D eigenvalue weighted by atomic mass is 10.2. The van der Waals surface area contributed by atoms with Crippen molar-refractivity contribution < 1.29 is 9.47 Å². The maximum Gasteiger partial charge on any atom is 0.191 e. The zero-order valence-electron chi connectivity index (χ0n) is 13.5. The number of ether oxygens (including phenoxy) is 2. The normalized spacial score (nSPS) is 20.1. The van der Waals surface area contributed by atoms with Crippen LogP contribution in [0.25, 0.3) is 0 Å². The van der Waals surface area contributed by atoms with Crippen molar-refractivity contribution in [1.82, 2.24) is 10.6 Å². The molecule has 0 aliphatic carbocycles. The van der Waals surface area contributed by atoms with Gasteiger partial charge in [-0.1, -0.05) is 6.07 Å². The molecule has 0 bridgehead atoms. The minimum absolute atomic E-state index is 0.248. The molecule has 1 aliphatic heterocycles. The van der Waals surface area contributed by atoms with Crippen molar-refractivity contribution in [3.8, 4) is 0 Å². The molecule has 6 heteroatoms. The minimum atomic E-state index is 0.248. The molecule has 2 heterocycles. The molecule has 2 atom stereocenters. The number of rotatable bonds is 8. The van der Waals surface area contributed by atoms with Crippen LogP contribution in [-0.2, 0) is 9.47 Å². The molecule has 5 nitrogen and oxygen atoms in total. The summed E-state index contributed by atoms with van der Waals surface area (Å²) in [6.45, 7) is 5.35. The van der Waals surface area contributed by atoms with Crippen molar-refractivity contribution in [2.75, 3.05) is 33.4 Å². The standard InChI is InChI=1S/C16H27N3O2S/c1-13(15-7-4-11-22-15)19-16(17-8-5-9-20-2)18-12-14-6-3-10-21-14/h4,7,11,13-14H,3,5-6,8-10,12H2,1-2H3,(H2,17,18,19). The molecule has 2 rings (SSSR count). The minimum Gasteiger partial charge on any atom is -0.385 e. The fraction of sp³-hybridized carbons (Fsp3) is 0.688. The number of hydrogen-bond donors (Lipinski definition) is 2. The number of hydrogen-bond acceptors (Lipinski definition) is 4. The Hall–Kier alpha value is -1.11. The van der Waals surface area contributed by atoms with Crippen LogP contribution in [0.4, 0.5) is 0 Å². The maximum absolute atomic E-state index is 5.64. The van der Waals surface area contributed by atoms with Gasteiger partial charge in [-0.2, -0.15) is 0 Å². The van der Waals surface area contributed by atoms with E-state index in [1.165, 1.54) is 4.88 Å². The number of methoxy groups -OCH3 is 1. The van der Waals surface area contributed by atoms with Gasteiger partial charge in [-0.3, -0.25) is 4.99 Å². The highest BCUT2D eigenvalue weighted by Crippen LogP contribution is 2.18. The van der Waals surface area contributed by atoms with Crippen LogP contribution in [-0.4, -0.2) is 45.5 Å². The predicted octanol–water partition coefficient (Wildman–Crippen LogP) is 2.56. The summed E-state index contributed by atoms with van der Waals surface area (Å²) < 4.78 is 10.7. The van der Waals surface area contributed by atoms with Gasteiger partial charge in [0.1, 0.15) is 0 Å². The molecule has 22 heavy (non-hydrogen) atoms. The fourth-order valence-corrected chi connectivity index (χ4v) is 3.11. The molecule has 1 aromatic rings. The highest BCUT2D eigenvalue weighted by atomic mass is 32.1. The topological polar surface area (TPSA) is 54.9 Å². The Morgan fingerprint density at radius 3 is 3.18 bits per heavy atom. The highest BCUT2D eigenvalue weighted by molar-refractivity contribution is 7.10. The van der Waals surface area contributed by atoms with E-state index < -0.39 is 0 Å². The van der Waals surface area contributed by atoms with Crippen LogP contribution in [0.5, 0.6) is 0 Å². The molecule has 0 spiro atoms. The number of aliphatic imine (C=N–C) groups is 1. The number of thiophene rings is 1. The second-order valence-electron chi connectivity index (χ2n) is 5.48. The Kier molecular flexibility index (Phi) is 7.70. The Labute approximate surface area is 137 Å². The van der Waals surface area contributed by atoms with E-state index in [0.29, 0.717) is 0 Å². The van der Waals surface area contributed by atoms with Gasteiger partial charge in [0.2, 0.25) is 0 Å². The summed E-state index contributed by atoms with van der Waals surface area (Å²) in [4.78, 5) is 6.00. The van der Waals surface area contributed by atoms with Crippen LogP contribution in [0.2, 0.25) is 0 Å². The van der Waals surface area contributed by atoms with Crippen LogP contribution in [0, 0.1) is 0 Å². The highest BCUT2D eigenvalue weighted by Gasteiger charge is 2.15. The van der Waals surface area contributed by atoms with Gasteiger partial charge in [-0.05, 0) is 37.6 Å². The largest absolute Gasteiger partial charge is 0.385 e. The zero-order chi connectivity index (χ0) is 15.6. The quantitative estimate of drug-likeness (QED) is 0.438. The van der Waals surface area contributed by atoms with Crippen LogP contribution in [0.1, 0.15) is 37.1 Å². The summed E-state index contributed by atoms with van der Waals surface area (Å²) in [7, 11) is 1.73. The third-order valence-electron chi connectivity index (χ3n) is 3.62. The van der Waals surface area contributed by atoms with Gasteiger partial charge < -0.3 is 20.1 Å². The smallest absolute Gasteiger partial charge is 0.191 e. The molecular formula is C16H27N3O2S. The van der Waals surface area contributed by atoms with E-state index in [9.17, 15) is 0 Å². The van der Waals surface area contributed by atoms with Crippen molar-refractivity contribution in [3.05, 3.63) is 22.4 Å². The molecule has 0 aromatic carbocycles. The van der Waals surface area contributed by atoms with Gasteiger partial charge in [0.15, 0.2) is 5.96 Å². The molecule has 1 aromatic heterocycles. The molecular weight excluding hydrogens is 298 g/mol. The van der Waals surface area contributed by atoms with E-state index in [-0.39, 0.29) is 12.1 Å². The summed E-state index contributed by atoms with van der Waals surface area (Å²) in [5, 5.41) is 8.95. The van der Waals surface area contributed by atoms with Crippen molar-refractivity contribution in [3.63, 3.8) is 0 Å². The molecule has 2 N–H and O–H groups in total. The number of nitrogens with zero attached hydrogens (tertiary/aromatic N) is 1. The van der Waals surface area contributed by atoms with E-state index in [1.54, 1.807) is 18.4 Å². The third-order valence-corrected chi connectivity index (χ3v) is 4.67. The maximum atomic E-state index is 5.64. The SMILES string of the molecule is COCCCNC(=NCC1CCCO1)NC(C)c1cccs1. The van der Waals surface area contributed by atoms with Gasteiger partial charge in [0.25, 0.3) is 0 Å². The molecule has 0 radical (unpaired) electrons. The van der Waals surface area contributed by atoms with Gasteiger partial charge in [-0.25, -0.2) is 0 Å². The second-order valence-corrected chi connectivity index (χ2v) is 6.46. The van der Waals surface area contributed by atoms with Crippen LogP contribution >= 0.6 is 11.3 Å². The monoisotopic (exact) mass is 325 g/mol. The summed E-state index contributed by atoms with van der Waals surface area (Å²) in [6.07, 6.45) is 3.50. The van der Waals surface area contributed by atoms with E-state index in [2.05, 4.69) is 40.1 Å². The van der Waals surface area contributed by atoms with Gasteiger partial charge in [0.05, 0.1) is 18.7 Å². The predicted molar refractivity (Wildman–Crippen MR) is 91.6 cm³/mol. The molecule has 1 fully saturated rings. The van der Waals surface area contributed by atoms with E-state index in [4.69, 9.17) is 9.47 Å². The van der Waals surface area contributed by atoms with Gasteiger partial charge >= 0.3 is 0 Å². The average molecular weight is 325 g/mol. The Morgan fingerprint density at radius 2 is 2.50 bits per heavy atom. The van der Waals surface area contributed by atoms with E-state index >= 15 is 0 Å². The summed E-state index contributed by atoms with van der Waals surface area (Å²) >= 11 is 1.76. The average Bonchev–Trinajstić information content (AvgIpc) is 3.22. The lowest BCUT2D eigenvalue weighted by molar-refractivity contribution is 0.117. The Balaban J connectivity index is 1.86. The third kappa shape index (κ3) is 5.94. The first kappa shape index (κ1) is 17.2. The lowest BCUT2D eigenvalue weighted by Gasteiger charge is -2.18. The van der Waals surface area contributed by atoms with Gasteiger partial charge in [-0.15, -0.1) is 11.3 Å². The van der Waals surface area contributed by atoms with Crippen molar-refractivity contribution in [1.29, 1.82) is 0 Å². The molecule has 0 amide bonds. The van der Waals surface area contributed by atoms with Crippen molar-refractivity contribution >= 4 is 17.3 Å². The second kappa shape index (κ2) is 9.82. The summed E-state index contributed by atoms with van der Waals surface area (Å²) in [6, 6.07) is 4.47. The van der Waals surface area contributed by atoms with E-state index in [0.717, 1.165) is 51.5 Å². The lowest BCUT2D eigenvalue weighted by Crippen LogP contribution is -2.40. The van der Waals surface area contributed by atoms with Crippen LogP contribution < -0.4 is 10.6 Å². The summed E-state index contributed by atoms with van der Waals surface area (Å²) in [5.74, 6) is 0.854. The van der Waals surface area contributed by atoms with E-state index in [1.807, 2.05) is 0 Å². The summed E-state index contributed by atoms with van der Waals surface area (Å²) in [5.41, 5.74) is 0. The molecule has 1 aliphatic rings. The number of nitrogens with one attached hydrogen (secondary N) is 2. The first-order valence-electron chi connectivity index (χ1n) is 7.98. The van der Waals surface area contributed by atoms with Crippen LogP contribution in [0.3, 0.4) is 0 Å². The fourth-order valence-electron chi connectivity index (χ4n) is 2.37. The Bertz CT molecular complexity index is 431. The molecule has 1 saturated heterocycles.